The summed E-state index contributed by atoms with van der Waals surface area (Å²) in [5.41, 5.74) is 2.60. The van der Waals surface area contributed by atoms with E-state index in [1.54, 1.807) is 26.2 Å². The molecular formula is C20H19FN2O2. The van der Waals surface area contributed by atoms with Gasteiger partial charge in [0.2, 0.25) is 0 Å². The van der Waals surface area contributed by atoms with Crippen LogP contribution in [0, 0.1) is 12.7 Å². The average molecular weight is 338 g/mol. The fourth-order valence-electron chi connectivity index (χ4n) is 2.81. The number of carbonyl (C=O) groups is 1. The molecule has 0 spiro atoms. The Labute approximate surface area is 145 Å². The third-order valence-electron chi connectivity index (χ3n) is 4.05. The van der Waals surface area contributed by atoms with Crippen LogP contribution in [-0.4, -0.2) is 24.5 Å². The summed E-state index contributed by atoms with van der Waals surface area (Å²) in [6.45, 7) is 2.12. The molecule has 3 rings (SSSR count). The second-order valence-electron chi connectivity index (χ2n) is 5.82. The number of pyridine rings is 1. The SMILES string of the molecule is COC(CNC(=O)c1cc(C)nc2cc(F)ccc12)c1ccccc1. The maximum absolute atomic E-state index is 13.4. The van der Waals surface area contributed by atoms with Gasteiger partial charge in [0.05, 0.1) is 17.2 Å². The van der Waals surface area contributed by atoms with Crippen LogP contribution >= 0.6 is 0 Å². The Bertz CT molecular complexity index is 892. The van der Waals surface area contributed by atoms with Crippen LogP contribution < -0.4 is 5.32 Å². The summed E-state index contributed by atoms with van der Waals surface area (Å²) in [5.74, 6) is -0.611. The van der Waals surface area contributed by atoms with Crippen LogP contribution in [0.15, 0.2) is 54.6 Å². The minimum absolute atomic E-state index is 0.236. The molecule has 128 valence electrons. The Balaban J connectivity index is 1.83. The maximum atomic E-state index is 13.4. The van der Waals surface area contributed by atoms with E-state index in [9.17, 15) is 9.18 Å². The van der Waals surface area contributed by atoms with Crippen LogP contribution in [0.3, 0.4) is 0 Å². The molecule has 5 heteroatoms. The lowest BCUT2D eigenvalue weighted by atomic mass is 10.1. The van der Waals surface area contributed by atoms with E-state index >= 15 is 0 Å². The molecule has 0 fully saturated rings. The molecule has 0 saturated carbocycles. The molecule has 1 heterocycles. The maximum Gasteiger partial charge on any atom is 0.252 e. The summed E-state index contributed by atoms with van der Waals surface area (Å²) in [6.07, 6.45) is -0.239. The van der Waals surface area contributed by atoms with E-state index < -0.39 is 0 Å². The second kappa shape index (κ2) is 7.40. The number of nitrogens with zero attached hydrogens (tertiary/aromatic N) is 1. The highest BCUT2D eigenvalue weighted by Crippen LogP contribution is 2.20. The number of hydrogen-bond donors (Lipinski definition) is 1. The highest BCUT2D eigenvalue weighted by Gasteiger charge is 2.16. The van der Waals surface area contributed by atoms with Gasteiger partial charge in [-0.2, -0.15) is 0 Å². The van der Waals surface area contributed by atoms with E-state index in [0.29, 0.717) is 28.7 Å². The van der Waals surface area contributed by atoms with Crippen molar-refractivity contribution in [1.82, 2.24) is 10.3 Å². The van der Waals surface area contributed by atoms with Crippen molar-refractivity contribution in [3.05, 3.63) is 77.2 Å². The van der Waals surface area contributed by atoms with Crippen LogP contribution in [0.5, 0.6) is 0 Å². The van der Waals surface area contributed by atoms with Gasteiger partial charge in [-0.3, -0.25) is 9.78 Å². The van der Waals surface area contributed by atoms with E-state index in [2.05, 4.69) is 10.3 Å². The van der Waals surface area contributed by atoms with Crippen LogP contribution in [0.4, 0.5) is 4.39 Å². The summed E-state index contributed by atoms with van der Waals surface area (Å²) in [4.78, 5) is 17.0. The van der Waals surface area contributed by atoms with Crippen molar-refractivity contribution in [3.8, 4) is 0 Å². The lowest BCUT2D eigenvalue weighted by Crippen LogP contribution is -2.29. The highest BCUT2D eigenvalue weighted by atomic mass is 19.1. The largest absolute Gasteiger partial charge is 0.375 e. The van der Waals surface area contributed by atoms with E-state index in [1.165, 1.54) is 12.1 Å². The Morgan fingerprint density at radius 3 is 2.68 bits per heavy atom. The van der Waals surface area contributed by atoms with Crippen molar-refractivity contribution in [2.45, 2.75) is 13.0 Å². The summed E-state index contributed by atoms with van der Waals surface area (Å²) in [7, 11) is 1.61. The Morgan fingerprint density at radius 1 is 1.20 bits per heavy atom. The van der Waals surface area contributed by atoms with Gasteiger partial charge >= 0.3 is 0 Å². The summed E-state index contributed by atoms with van der Waals surface area (Å²) < 4.78 is 18.9. The molecule has 1 atom stereocenters. The van der Waals surface area contributed by atoms with E-state index in [-0.39, 0.29) is 17.8 Å². The molecule has 0 aliphatic carbocycles. The van der Waals surface area contributed by atoms with Gasteiger partial charge in [-0.25, -0.2) is 4.39 Å². The number of aryl methyl sites for hydroxylation is 1. The zero-order chi connectivity index (χ0) is 17.8. The quantitative estimate of drug-likeness (QED) is 0.770. The molecule has 25 heavy (non-hydrogen) atoms. The number of carbonyl (C=O) groups excluding carboxylic acids is 1. The predicted molar refractivity (Wildman–Crippen MR) is 95.0 cm³/mol. The van der Waals surface area contributed by atoms with Crippen LogP contribution in [0.2, 0.25) is 0 Å². The smallest absolute Gasteiger partial charge is 0.252 e. The third kappa shape index (κ3) is 3.83. The molecular weight excluding hydrogens is 319 g/mol. The molecule has 2 aromatic carbocycles. The molecule has 1 unspecified atom stereocenters. The Morgan fingerprint density at radius 2 is 1.96 bits per heavy atom. The van der Waals surface area contributed by atoms with Gasteiger partial charge in [0, 0.05) is 30.8 Å². The monoisotopic (exact) mass is 338 g/mol. The molecule has 1 amide bonds. The fourth-order valence-corrected chi connectivity index (χ4v) is 2.81. The first-order valence-corrected chi connectivity index (χ1v) is 8.01. The molecule has 0 saturated heterocycles. The van der Waals surface area contributed by atoms with Gasteiger partial charge in [0.15, 0.2) is 0 Å². The molecule has 1 aromatic heterocycles. The molecule has 1 N–H and O–H groups in total. The van der Waals surface area contributed by atoms with Gasteiger partial charge in [-0.15, -0.1) is 0 Å². The standard InChI is InChI=1S/C20H19FN2O2/c1-13-10-17(16-9-8-15(21)11-18(16)23-13)20(24)22-12-19(25-2)14-6-4-3-5-7-14/h3-11,19H,12H2,1-2H3,(H,22,24). The number of benzene rings is 2. The van der Waals surface area contributed by atoms with Gasteiger partial charge in [0.1, 0.15) is 5.82 Å². The summed E-state index contributed by atoms with van der Waals surface area (Å²) in [6, 6.07) is 15.6. The number of methoxy groups -OCH3 is 1. The van der Waals surface area contributed by atoms with Crippen molar-refractivity contribution in [2.75, 3.05) is 13.7 Å². The van der Waals surface area contributed by atoms with Gasteiger partial charge in [-0.05, 0) is 30.7 Å². The topological polar surface area (TPSA) is 51.2 Å². The number of hydrogen-bond acceptors (Lipinski definition) is 3. The van der Waals surface area contributed by atoms with Crippen molar-refractivity contribution in [2.24, 2.45) is 0 Å². The molecule has 3 aromatic rings. The zero-order valence-corrected chi connectivity index (χ0v) is 14.1. The number of rotatable bonds is 5. The number of fused-ring (bicyclic) bond motifs is 1. The van der Waals surface area contributed by atoms with Crippen LogP contribution in [0.25, 0.3) is 10.9 Å². The molecule has 0 radical (unpaired) electrons. The molecule has 0 aliphatic heterocycles. The van der Waals surface area contributed by atoms with Crippen LogP contribution in [0.1, 0.15) is 27.7 Å². The first kappa shape index (κ1) is 17.0. The number of nitrogens with one attached hydrogen (secondary N) is 1. The molecule has 0 bridgehead atoms. The van der Waals surface area contributed by atoms with E-state index in [1.807, 2.05) is 30.3 Å². The Hall–Kier alpha value is -2.79. The first-order chi connectivity index (χ1) is 12.1. The minimum Gasteiger partial charge on any atom is -0.375 e. The molecule has 4 nitrogen and oxygen atoms in total. The number of amides is 1. The van der Waals surface area contributed by atoms with Crippen molar-refractivity contribution in [1.29, 1.82) is 0 Å². The molecule has 0 aliphatic rings. The fraction of sp³-hybridized carbons (Fsp3) is 0.200. The lowest BCUT2D eigenvalue weighted by Gasteiger charge is -2.17. The normalized spacial score (nSPS) is 12.1. The van der Waals surface area contributed by atoms with Crippen LogP contribution in [-0.2, 0) is 4.74 Å². The van der Waals surface area contributed by atoms with Crippen molar-refractivity contribution < 1.29 is 13.9 Å². The number of aromatic nitrogens is 1. The minimum atomic E-state index is -0.375. The average Bonchev–Trinajstić information content (AvgIpc) is 2.62. The van der Waals surface area contributed by atoms with Gasteiger partial charge < -0.3 is 10.1 Å². The van der Waals surface area contributed by atoms with Gasteiger partial charge in [0.25, 0.3) is 5.91 Å². The lowest BCUT2D eigenvalue weighted by molar-refractivity contribution is 0.0829. The third-order valence-corrected chi connectivity index (χ3v) is 4.05. The predicted octanol–water partition coefficient (Wildman–Crippen LogP) is 3.80. The van der Waals surface area contributed by atoms with Gasteiger partial charge in [-0.1, -0.05) is 30.3 Å². The highest BCUT2D eigenvalue weighted by molar-refractivity contribution is 6.06. The first-order valence-electron chi connectivity index (χ1n) is 8.01. The number of halogens is 1. The zero-order valence-electron chi connectivity index (χ0n) is 14.1. The summed E-state index contributed by atoms with van der Waals surface area (Å²) >= 11 is 0. The summed E-state index contributed by atoms with van der Waals surface area (Å²) in [5, 5.41) is 3.52. The van der Waals surface area contributed by atoms with Crippen molar-refractivity contribution in [3.63, 3.8) is 0 Å². The van der Waals surface area contributed by atoms with E-state index in [0.717, 1.165) is 5.56 Å². The second-order valence-corrected chi connectivity index (χ2v) is 5.82. The van der Waals surface area contributed by atoms with Crippen molar-refractivity contribution >= 4 is 16.8 Å². The van der Waals surface area contributed by atoms with E-state index in [4.69, 9.17) is 4.74 Å². The Kier molecular flexibility index (Phi) is 5.05. The number of ether oxygens (including phenoxy) is 1.